The van der Waals surface area contributed by atoms with Gasteiger partial charge < -0.3 is 15.3 Å². The summed E-state index contributed by atoms with van der Waals surface area (Å²) >= 11 is 0. The summed E-state index contributed by atoms with van der Waals surface area (Å²) in [7, 11) is 0. The van der Waals surface area contributed by atoms with E-state index in [1.54, 1.807) is 12.1 Å². The number of amides is 1. The summed E-state index contributed by atoms with van der Waals surface area (Å²) in [6.45, 7) is 6.16. The lowest BCUT2D eigenvalue weighted by Gasteiger charge is -2.34. The normalized spacial score (nSPS) is 23.4. The highest BCUT2D eigenvalue weighted by atomic mass is 19.1. The van der Waals surface area contributed by atoms with Crippen molar-refractivity contribution in [3.05, 3.63) is 35.6 Å². The molecule has 2 heterocycles. The first kappa shape index (κ1) is 20.2. The van der Waals surface area contributed by atoms with Crippen molar-refractivity contribution in [3.8, 4) is 0 Å². The number of aliphatic hydroxyl groups is 1. The predicted octanol–water partition coefficient (Wildman–Crippen LogP) is 2.14. The Balaban J connectivity index is 1.46. The fourth-order valence-corrected chi connectivity index (χ4v) is 4.12. The van der Waals surface area contributed by atoms with Gasteiger partial charge in [-0.05, 0) is 56.3 Å². The van der Waals surface area contributed by atoms with Crippen LogP contribution in [0.25, 0.3) is 0 Å². The third kappa shape index (κ3) is 5.74. The number of carbonyl (C=O) groups excluding carboxylic acids is 1. The van der Waals surface area contributed by atoms with Crippen molar-refractivity contribution < 1.29 is 14.3 Å². The number of benzene rings is 1. The zero-order valence-corrected chi connectivity index (χ0v) is 16.2. The van der Waals surface area contributed by atoms with Gasteiger partial charge in [-0.2, -0.15) is 0 Å². The van der Waals surface area contributed by atoms with E-state index in [0.29, 0.717) is 6.54 Å². The number of nitrogens with one attached hydrogen (secondary N) is 1. The number of aliphatic hydroxyl groups excluding tert-OH is 1. The third-order valence-electron chi connectivity index (χ3n) is 5.84. The van der Waals surface area contributed by atoms with Crippen LogP contribution in [-0.2, 0) is 11.3 Å². The van der Waals surface area contributed by atoms with Crippen molar-refractivity contribution in [1.82, 2.24) is 15.1 Å². The van der Waals surface area contributed by atoms with Crippen LogP contribution >= 0.6 is 0 Å². The van der Waals surface area contributed by atoms with Crippen molar-refractivity contribution in [3.63, 3.8) is 0 Å². The average Bonchev–Trinajstić information content (AvgIpc) is 3.13. The minimum Gasteiger partial charge on any atom is -0.392 e. The molecule has 1 aromatic carbocycles. The summed E-state index contributed by atoms with van der Waals surface area (Å²) in [6.07, 6.45) is 4.30. The smallest absolute Gasteiger partial charge is 0.237 e. The topological polar surface area (TPSA) is 55.8 Å². The van der Waals surface area contributed by atoms with E-state index in [9.17, 15) is 14.3 Å². The molecule has 2 N–H and O–H groups in total. The number of likely N-dealkylation sites (tertiary alicyclic amines) is 2. The Labute approximate surface area is 161 Å². The number of β-amino-alcohol motifs (C(OH)–C–C–N with tert-alkyl or cyclic N) is 1. The maximum atomic E-state index is 13.1. The molecule has 3 rings (SSSR count). The Morgan fingerprint density at radius 2 is 1.93 bits per heavy atom. The van der Waals surface area contributed by atoms with Crippen LogP contribution in [0.3, 0.4) is 0 Å². The Hall–Kier alpha value is -1.50. The lowest BCUT2D eigenvalue weighted by atomic mass is 10.0. The Bertz CT molecular complexity index is 602. The van der Waals surface area contributed by atoms with E-state index in [2.05, 4.69) is 15.1 Å². The van der Waals surface area contributed by atoms with Gasteiger partial charge in [0.05, 0.1) is 12.1 Å². The molecule has 1 aromatic rings. The minimum atomic E-state index is -0.255. The fraction of sp³-hybridized carbons (Fsp3) is 0.667. The van der Waals surface area contributed by atoms with E-state index < -0.39 is 0 Å². The number of piperidine rings is 1. The molecule has 0 bridgehead atoms. The van der Waals surface area contributed by atoms with E-state index in [4.69, 9.17) is 0 Å². The fourth-order valence-electron chi connectivity index (χ4n) is 4.12. The van der Waals surface area contributed by atoms with Crippen molar-refractivity contribution in [2.45, 2.75) is 63.8 Å². The molecule has 2 saturated heterocycles. The molecule has 2 unspecified atom stereocenters. The van der Waals surface area contributed by atoms with Crippen molar-refractivity contribution in [1.29, 1.82) is 0 Å². The molecule has 2 fully saturated rings. The standard InChI is InChI=1S/C21H32FN3O2/c1-2-19(26)15-24-12-9-18(10-13-24)23-21(27)20-4-3-11-25(20)14-16-5-7-17(22)8-6-16/h5-8,18-20,26H,2-4,9-15H2,1H3,(H,23,27). The highest BCUT2D eigenvalue weighted by molar-refractivity contribution is 5.82. The van der Waals surface area contributed by atoms with E-state index in [1.165, 1.54) is 12.1 Å². The predicted molar refractivity (Wildman–Crippen MR) is 104 cm³/mol. The molecule has 27 heavy (non-hydrogen) atoms. The zero-order chi connectivity index (χ0) is 19.2. The number of halogens is 1. The summed E-state index contributed by atoms with van der Waals surface area (Å²) in [5, 5.41) is 13.0. The minimum absolute atomic E-state index is 0.0880. The van der Waals surface area contributed by atoms with Crippen molar-refractivity contribution in [2.75, 3.05) is 26.2 Å². The highest BCUT2D eigenvalue weighted by Crippen LogP contribution is 2.21. The number of nitrogens with zero attached hydrogens (tertiary/aromatic N) is 2. The molecule has 6 heteroatoms. The Morgan fingerprint density at radius 3 is 2.59 bits per heavy atom. The summed E-state index contributed by atoms with van der Waals surface area (Å²) < 4.78 is 13.1. The highest BCUT2D eigenvalue weighted by Gasteiger charge is 2.32. The van der Waals surface area contributed by atoms with Crippen LogP contribution < -0.4 is 5.32 Å². The van der Waals surface area contributed by atoms with Gasteiger partial charge in [0.15, 0.2) is 0 Å². The van der Waals surface area contributed by atoms with Crippen LogP contribution in [0.4, 0.5) is 4.39 Å². The molecule has 0 spiro atoms. The Kier molecular flexibility index (Phi) is 7.21. The second-order valence-corrected chi connectivity index (χ2v) is 7.90. The summed E-state index contributed by atoms with van der Waals surface area (Å²) in [6, 6.07) is 6.68. The van der Waals surface area contributed by atoms with Gasteiger partial charge in [0, 0.05) is 32.2 Å². The zero-order valence-electron chi connectivity index (χ0n) is 16.2. The maximum absolute atomic E-state index is 13.1. The molecule has 0 saturated carbocycles. The first-order chi connectivity index (χ1) is 13.0. The van der Waals surface area contributed by atoms with Gasteiger partial charge >= 0.3 is 0 Å². The SMILES string of the molecule is CCC(O)CN1CCC(NC(=O)C2CCCN2Cc2ccc(F)cc2)CC1. The second-order valence-electron chi connectivity index (χ2n) is 7.90. The number of hydrogen-bond acceptors (Lipinski definition) is 4. The maximum Gasteiger partial charge on any atom is 0.237 e. The van der Waals surface area contributed by atoms with Crippen LogP contribution in [-0.4, -0.2) is 65.2 Å². The van der Waals surface area contributed by atoms with E-state index >= 15 is 0 Å². The number of carbonyl (C=O) groups is 1. The monoisotopic (exact) mass is 377 g/mol. The molecule has 5 nitrogen and oxygen atoms in total. The van der Waals surface area contributed by atoms with Crippen molar-refractivity contribution in [2.24, 2.45) is 0 Å². The second kappa shape index (κ2) is 9.62. The van der Waals surface area contributed by atoms with Gasteiger partial charge in [0.1, 0.15) is 5.82 Å². The van der Waals surface area contributed by atoms with Crippen molar-refractivity contribution >= 4 is 5.91 Å². The van der Waals surface area contributed by atoms with E-state index in [-0.39, 0.29) is 29.9 Å². The lowest BCUT2D eigenvalue weighted by molar-refractivity contribution is -0.126. The molecular weight excluding hydrogens is 345 g/mol. The van der Waals surface area contributed by atoms with Crippen LogP contribution in [0.2, 0.25) is 0 Å². The summed E-state index contributed by atoms with van der Waals surface area (Å²) in [5.41, 5.74) is 1.04. The average molecular weight is 378 g/mol. The Morgan fingerprint density at radius 1 is 1.22 bits per heavy atom. The molecule has 1 amide bonds. The quantitative estimate of drug-likeness (QED) is 0.765. The van der Waals surface area contributed by atoms with Gasteiger partial charge in [0.2, 0.25) is 5.91 Å². The first-order valence-corrected chi connectivity index (χ1v) is 10.2. The van der Waals surface area contributed by atoms with Crippen LogP contribution in [0.1, 0.15) is 44.6 Å². The molecule has 150 valence electrons. The van der Waals surface area contributed by atoms with Gasteiger partial charge in [-0.1, -0.05) is 19.1 Å². The first-order valence-electron chi connectivity index (χ1n) is 10.2. The molecule has 0 radical (unpaired) electrons. The summed E-state index contributed by atoms with van der Waals surface area (Å²) in [4.78, 5) is 17.3. The molecule has 2 atom stereocenters. The van der Waals surface area contributed by atoms with E-state index in [0.717, 1.165) is 63.8 Å². The number of rotatable bonds is 7. The largest absolute Gasteiger partial charge is 0.392 e. The molecule has 2 aliphatic rings. The van der Waals surface area contributed by atoms with Gasteiger partial charge in [-0.3, -0.25) is 9.69 Å². The summed E-state index contributed by atoms with van der Waals surface area (Å²) in [5.74, 6) is -0.103. The lowest BCUT2D eigenvalue weighted by Crippen LogP contribution is -2.50. The van der Waals surface area contributed by atoms with Gasteiger partial charge in [-0.15, -0.1) is 0 Å². The molecular formula is C21H32FN3O2. The molecule has 0 aromatic heterocycles. The van der Waals surface area contributed by atoms with Crippen LogP contribution in [0.15, 0.2) is 24.3 Å². The van der Waals surface area contributed by atoms with Gasteiger partial charge in [-0.25, -0.2) is 4.39 Å². The molecule has 0 aliphatic carbocycles. The van der Waals surface area contributed by atoms with Crippen LogP contribution in [0.5, 0.6) is 0 Å². The van der Waals surface area contributed by atoms with Crippen LogP contribution in [0, 0.1) is 5.82 Å². The van der Waals surface area contributed by atoms with Gasteiger partial charge in [0.25, 0.3) is 0 Å². The van der Waals surface area contributed by atoms with E-state index in [1.807, 2.05) is 6.92 Å². The molecule has 2 aliphatic heterocycles. The third-order valence-corrected chi connectivity index (χ3v) is 5.84. The number of hydrogen-bond donors (Lipinski definition) is 2.